The van der Waals surface area contributed by atoms with Gasteiger partial charge in [-0.1, -0.05) is 18.2 Å². The molecule has 2 rings (SSSR count). The summed E-state index contributed by atoms with van der Waals surface area (Å²) in [6, 6.07) is 7.83. The van der Waals surface area contributed by atoms with Gasteiger partial charge in [0.25, 0.3) is 0 Å². The van der Waals surface area contributed by atoms with Gasteiger partial charge in [-0.3, -0.25) is 0 Å². The highest BCUT2D eigenvalue weighted by Crippen LogP contribution is 2.44. The van der Waals surface area contributed by atoms with E-state index >= 15 is 0 Å². The number of methoxy groups -OCH3 is 2. The van der Waals surface area contributed by atoms with Crippen molar-refractivity contribution in [2.75, 3.05) is 14.2 Å². The summed E-state index contributed by atoms with van der Waals surface area (Å²) in [6.07, 6.45) is -4.88. The number of rotatable bonds is 5. The molecule has 24 heavy (non-hydrogen) atoms. The summed E-state index contributed by atoms with van der Waals surface area (Å²) in [4.78, 5) is 11.2. The minimum Gasteiger partial charge on any atom is -0.496 e. The summed E-state index contributed by atoms with van der Waals surface area (Å²) in [5.41, 5.74) is 0.0898. The summed E-state index contributed by atoms with van der Waals surface area (Å²) in [5.74, 6) is -1.59. The zero-order chi connectivity index (χ0) is 17.9. The molecule has 0 aliphatic carbocycles. The summed E-state index contributed by atoms with van der Waals surface area (Å²) in [5, 5.41) is 9.11. The number of halogens is 3. The second-order valence-electron chi connectivity index (χ2n) is 4.60. The Balaban J connectivity index is 2.70. The summed E-state index contributed by atoms with van der Waals surface area (Å²) in [7, 11) is 2.55. The van der Waals surface area contributed by atoms with Crippen molar-refractivity contribution in [1.82, 2.24) is 0 Å². The topological polar surface area (TPSA) is 65.0 Å². The Hall–Kier alpha value is -2.90. The third-order valence-electron chi connectivity index (χ3n) is 3.13. The van der Waals surface area contributed by atoms with Crippen LogP contribution in [0.15, 0.2) is 36.4 Å². The predicted molar refractivity (Wildman–Crippen MR) is 78.6 cm³/mol. The number of benzene rings is 2. The fourth-order valence-electron chi connectivity index (χ4n) is 2.19. The first-order chi connectivity index (χ1) is 11.3. The van der Waals surface area contributed by atoms with Crippen molar-refractivity contribution in [2.45, 2.75) is 6.36 Å². The molecule has 2 aromatic carbocycles. The number of para-hydroxylation sites is 1. The van der Waals surface area contributed by atoms with E-state index in [1.54, 1.807) is 0 Å². The molecule has 8 heteroatoms. The van der Waals surface area contributed by atoms with Crippen LogP contribution in [0.4, 0.5) is 13.2 Å². The maximum Gasteiger partial charge on any atom is 0.573 e. The lowest BCUT2D eigenvalue weighted by molar-refractivity contribution is -0.274. The van der Waals surface area contributed by atoms with Crippen molar-refractivity contribution in [3.05, 3.63) is 42.0 Å². The molecular formula is C16H13F3O5. The molecule has 0 bridgehead atoms. The predicted octanol–water partition coefficient (Wildman–Crippen LogP) is 3.97. The fraction of sp³-hybridized carbons (Fsp3) is 0.188. The van der Waals surface area contributed by atoms with Gasteiger partial charge >= 0.3 is 12.3 Å². The average Bonchev–Trinajstić information content (AvgIpc) is 2.52. The molecule has 0 radical (unpaired) electrons. The van der Waals surface area contributed by atoms with Gasteiger partial charge in [-0.05, 0) is 18.2 Å². The van der Waals surface area contributed by atoms with E-state index in [1.165, 1.54) is 44.6 Å². The first-order valence-corrected chi connectivity index (χ1v) is 6.61. The quantitative estimate of drug-likeness (QED) is 0.891. The molecule has 1 N–H and O–H groups in total. The molecule has 0 spiro atoms. The van der Waals surface area contributed by atoms with E-state index in [-0.39, 0.29) is 28.2 Å². The molecule has 0 fully saturated rings. The number of carbonyl (C=O) groups is 1. The second kappa shape index (κ2) is 6.69. The van der Waals surface area contributed by atoms with Gasteiger partial charge in [-0.2, -0.15) is 0 Å². The molecule has 0 unspecified atom stereocenters. The molecule has 0 atom stereocenters. The Labute approximate surface area is 135 Å². The van der Waals surface area contributed by atoms with Crippen LogP contribution in [0.1, 0.15) is 10.4 Å². The molecule has 0 saturated heterocycles. The van der Waals surface area contributed by atoms with E-state index in [0.717, 1.165) is 6.07 Å². The van der Waals surface area contributed by atoms with Crippen molar-refractivity contribution in [3.63, 3.8) is 0 Å². The van der Waals surface area contributed by atoms with E-state index in [4.69, 9.17) is 14.6 Å². The Bertz CT molecular complexity index is 731. The highest BCUT2D eigenvalue weighted by atomic mass is 19.4. The van der Waals surface area contributed by atoms with Gasteiger partial charge in [0.1, 0.15) is 17.2 Å². The molecule has 0 saturated carbocycles. The molecule has 0 amide bonds. The van der Waals surface area contributed by atoms with Crippen LogP contribution in [0.2, 0.25) is 0 Å². The van der Waals surface area contributed by atoms with Gasteiger partial charge in [0.05, 0.1) is 25.3 Å². The summed E-state index contributed by atoms with van der Waals surface area (Å²) >= 11 is 0. The molecule has 0 heterocycles. The van der Waals surface area contributed by atoms with E-state index in [9.17, 15) is 18.0 Å². The Morgan fingerprint density at radius 2 is 1.54 bits per heavy atom. The molecule has 0 aliphatic heterocycles. The second-order valence-corrected chi connectivity index (χ2v) is 4.60. The van der Waals surface area contributed by atoms with Crippen LogP contribution >= 0.6 is 0 Å². The first kappa shape index (κ1) is 17.5. The van der Waals surface area contributed by atoms with Crippen LogP contribution in [0.5, 0.6) is 17.2 Å². The standard InChI is InChI=1S/C16H13F3O5/c1-22-12-7-9(15(20)21)8-13(23-2)14(12)10-5-3-4-6-11(10)24-16(17,18)19/h3-8H,1-2H3,(H,20,21). The first-order valence-electron chi connectivity index (χ1n) is 6.61. The van der Waals surface area contributed by atoms with Crippen LogP contribution in [0, 0.1) is 0 Å². The van der Waals surface area contributed by atoms with Crippen molar-refractivity contribution in [3.8, 4) is 28.4 Å². The molecule has 5 nitrogen and oxygen atoms in total. The highest BCUT2D eigenvalue weighted by Gasteiger charge is 2.33. The third-order valence-corrected chi connectivity index (χ3v) is 3.13. The Morgan fingerprint density at radius 1 is 1.00 bits per heavy atom. The third kappa shape index (κ3) is 3.70. The minimum absolute atomic E-state index is 0.0463. The summed E-state index contributed by atoms with van der Waals surface area (Å²) < 4.78 is 52.1. The van der Waals surface area contributed by atoms with Gasteiger partial charge in [0, 0.05) is 5.56 Å². The average molecular weight is 342 g/mol. The number of carboxylic acids is 1. The number of carboxylic acid groups (broad SMARTS) is 1. The van der Waals surface area contributed by atoms with Crippen molar-refractivity contribution in [2.24, 2.45) is 0 Å². The van der Waals surface area contributed by atoms with Crippen LogP contribution in [-0.4, -0.2) is 31.7 Å². The number of hydrogen-bond acceptors (Lipinski definition) is 4. The number of hydrogen-bond donors (Lipinski definition) is 1. The zero-order valence-corrected chi connectivity index (χ0v) is 12.7. The van der Waals surface area contributed by atoms with Gasteiger partial charge in [0.15, 0.2) is 0 Å². The monoisotopic (exact) mass is 342 g/mol. The lowest BCUT2D eigenvalue weighted by Gasteiger charge is -2.18. The maximum atomic E-state index is 12.6. The normalized spacial score (nSPS) is 11.0. The molecule has 128 valence electrons. The molecular weight excluding hydrogens is 329 g/mol. The lowest BCUT2D eigenvalue weighted by Crippen LogP contribution is -2.17. The van der Waals surface area contributed by atoms with Crippen LogP contribution in [0.3, 0.4) is 0 Å². The van der Waals surface area contributed by atoms with Gasteiger partial charge in [0.2, 0.25) is 0 Å². The Morgan fingerprint density at radius 3 is 2.00 bits per heavy atom. The minimum atomic E-state index is -4.88. The van der Waals surface area contributed by atoms with Crippen LogP contribution in [-0.2, 0) is 0 Å². The van der Waals surface area contributed by atoms with Crippen LogP contribution < -0.4 is 14.2 Å². The van der Waals surface area contributed by atoms with E-state index in [1.807, 2.05) is 0 Å². The van der Waals surface area contributed by atoms with E-state index in [2.05, 4.69) is 4.74 Å². The smallest absolute Gasteiger partial charge is 0.496 e. The molecule has 2 aromatic rings. The van der Waals surface area contributed by atoms with Crippen molar-refractivity contribution >= 4 is 5.97 Å². The molecule has 0 aliphatic rings. The number of aromatic carboxylic acids is 1. The van der Waals surface area contributed by atoms with Crippen molar-refractivity contribution < 1.29 is 37.3 Å². The largest absolute Gasteiger partial charge is 0.573 e. The Kier molecular flexibility index (Phi) is 4.87. The SMILES string of the molecule is COc1cc(C(=O)O)cc(OC)c1-c1ccccc1OC(F)(F)F. The van der Waals surface area contributed by atoms with Crippen LogP contribution in [0.25, 0.3) is 11.1 Å². The zero-order valence-electron chi connectivity index (χ0n) is 12.7. The number of ether oxygens (including phenoxy) is 3. The fourth-order valence-corrected chi connectivity index (χ4v) is 2.19. The number of alkyl halides is 3. The van der Waals surface area contributed by atoms with Crippen molar-refractivity contribution in [1.29, 1.82) is 0 Å². The summed E-state index contributed by atoms with van der Waals surface area (Å²) in [6.45, 7) is 0. The van der Waals surface area contributed by atoms with E-state index in [0.29, 0.717) is 0 Å². The van der Waals surface area contributed by atoms with Gasteiger partial charge in [-0.25, -0.2) is 4.79 Å². The molecule has 0 aromatic heterocycles. The lowest BCUT2D eigenvalue weighted by atomic mass is 10.00. The van der Waals surface area contributed by atoms with E-state index < -0.39 is 18.1 Å². The van der Waals surface area contributed by atoms with Gasteiger partial charge in [-0.15, -0.1) is 13.2 Å². The highest BCUT2D eigenvalue weighted by molar-refractivity contribution is 5.92. The maximum absolute atomic E-state index is 12.6. The van der Waals surface area contributed by atoms with Gasteiger partial charge < -0.3 is 19.3 Å².